The Morgan fingerprint density at radius 1 is 0.667 bits per heavy atom. The number of hydrogen-bond acceptors (Lipinski definition) is 1. The van der Waals surface area contributed by atoms with Gasteiger partial charge in [-0.1, -0.05) is 42.5 Å². The van der Waals surface area contributed by atoms with Gasteiger partial charge in [-0.2, -0.15) is 0 Å². The molecule has 0 aliphatic rings. The zero-order chi connectivity index (χ0) is 13.8. The first kappa shape index (κ1) is 10.9. The second-order valence-corrected chi connectivity index (χ2v) is 5.40. The van der Waals surface area contributed by atoms with E-state index in [-0.39, 0.29) is 0 Å². The first-order valence-corrected chi connectivity index (χ1v) is 7.09. The lowest BCUT2D eigenvalue weighted by Gasteiger charge is -2.05. The fourth-order valence-electron chi connectivity index (χ4n) is 3.29. The number of H-pyrrole nitrogens is 1. The van der Waals surface area contributed by atoms with Gasteiger partial charge in [0.05, 0.1) is 5.52 Å². The van der Waals surface area contributed by atoms with Gasteiger partial charge in [-0.05, 0) is 23.6 Å². The Kier molecular flexibility index (Phi) is 1.98. The van der Waals surface area contributed by atoms with E-state index in [0.29, 0.717) is 0 Å². The van der Waals surface area contributed by atoms with Crippen LogP contribution in [0.4, 0.5) is 0 Å². The highest BCUT2D eigenvalue weighted by molar-refractivity contribution is 6.26. The van der Waals surface area contributed by atoms with Crippen LogP contribution in [-0.4, -0.2) is 9.97 Å². The highest BCUT2D eigenvalue weighted by atomic mass is 14.7. The van der Waals surface area contributed by atoms with E-state index >= 15 is 0 Å². The first-order chi connectivity index (χ1) is 10.4. The molecule has 0 aliphatic carbocycles. The summed E-state index contributed by atoms with van der Waals surface area (Å²) in [4.78, 5) is 8.14. The Morgan fingerprint density at radius 3 is 2.52 bits per heavy atom. The number of rotatable bonds is 0. The van der Waals surface area contributed by atoms with Gasteiger partial charge in [-0.3, -0.25) is 4.98 Å². The molecule has 0 radical (unpaired) electrons. The number of aromatic nitrogens is 2. The summed E-state index contributed by atoms with van der Waals surface area (Å²) in [7, 11) is 0. The van der Waals surface area contributed by atoms with Crippen molar-refractivity contribution in [3.8, 4) is 0 Å². The third-order valence-corrected chi connectivity index (χ3v) is 4.22. The van der Waals surface area contributed by atoms with Crippen LogP contribution in [0.2, 0.25) is 0 Å². The summed E-state index contributed by atoms with van der Waals surface area (Å²) >= 11 is 0. The van der Waals surface area contributed by atoms with Crippen LogP contribution in [0, 0.1) is 0 Å². The molecule has 2 aromatic heterocycles. The number of hydrogen-bond donors (Lipinski definition) is 1. The van der Waals surface area contributed by atoms with Crippen molar-refractivity contribution in [2.45, 2.75) is 0 Å². The maximum Gasteiger partial charge on any atom is 0.0787 e. The number of benzene rings is 3. The lowest BCUT2D eigenvalue weighted by molar-refractivity contribution is 1.43. The Bertz CT molecular complexity index is 1130. The molecule has 0 saturated carbocycles. The number of pyridine rings is 1. The summed E-state index contributed by atoms with van der Waals surface area (Å²) in [5, 5.41) is 6.19. The van der Waals surface area contributed by atoms with Gasteiger partial charge in [-0.25, -0.2) is 0 Å². The molecule has 0 saturated heterocycles. The van der Waals surface area contributed by atoms with Crippen molar-refractivity contribution in [2.24, 2.45) is 0 Å². The van der Waals surface area contributed by atoms with Crippen molar-refractivity contribution >= 4 is 43.5 Å². The van der Waals surface area contributed by atoms with Gasteiger partial charge in [0.25, 0.3) is 0 Å². The van der Waals surface area contributed by atoms with Crippen molar-refractivity contribution in [3.63, 3.8) is 0 Å². The molecule has 98 valence electrons. The van der Waals surface area contributed by atoms with Crippen molar-refractivity contribution in [3.05, 3.63) is 66.9 Å². The minimum absolute atomic E-state index is 1.07. The van der Waals surface area contributed by atoms with Crippen molar-refractivity contribution in [1.29, 1.82) is 0 Å². The van der Waals surface area contributed by atoms with Crippen molar-refractivity contribution in [1.82, 2.24) is 9.97 Å². The van der Waals surface area contributed by atoms with Gasteiger partial charge in [0.15, 0.2) is 0 Å². The van der Waals surface area contributed by atoms with Gasteiger partial charge < -0.3 is 4.98 Å². The number of nitrogens with zero attached hydrogens (tertiary/aromatic N) is 1. The van der Waals surface area contributed by atoms with Gasteiger partial charge in [-0.15, -0.1) is 0 Å². The van der Waals surface area contributed by atoms with Crippen LogP contribution in [0.1, 0.15) is 0 Å². The molecular weight excluding hydrogens is 256 g/mol. The maximum absolute atomic E-state index is 4.63. The summed E-state index contributed by atoms with van der Waals surface area (Å²) in [5.74, 6) is 0. The largest absolute Gasteiger partial charge is 0.354 e. The van der Waals surface area contributed by atoms with Gasteiger partial charge in [0, 0.05) is 38.8 Å². The van der Waals surface area contributed by atoms with E-state index in [2.05, 4.69) is 64.6 Å². The summed E-state index contributed by atoms with van der Waals surface area (Å²) < 4.78 is 0. The normalized spacial score (nSPS) is 11.8. The van der Waals surface area contributed by atoms with Gasteiger partial charge in [0.1, 0.15) is 0 Å². The average molecular weight is 268 g/mol. The molecule has 2 heteroatoms. The number of fused-ring (bicyclic) bond motifs is 7. The lowest BCUT2D eigenvalue weighted by atomic mass is 10.0. The minimum atomic E-state index is 1.07. The topological polar surface area (TPSA) is 28.7 Å². The fraction of sp³-hybridized carbons (Fsp3) is 0. The molecule has 0 aliphatic heterocycles. The molecule has 0 unspecified atom stereocenters. The van der Waals surface area contributed by atoms with Crippen molar-refractivity contribution in [2.75, 3.05) is 0 Å². The van der Waals surface area contributed by atoms with E-state index in [1.165, 1.54) is 38.0 Å². The molecular formula is C19H12N2. The molecule has 5 rings (SSSR count). The van der Waals surface area contributed by atoms with E-state index in [1.807, 2.05) is 12.3 Å². The maximum atomic E-state index is 4.63. The Labute approximate surface area is 121 Å². The molecule has 0 fully saturated rings. The van der Waals surface area contributed by atoms with E-state index in [4.69, 9.17) is 0 Å². The Balaban J connectivity index is 2.19. The van der Waals surface area contributed by atoms with Gasteiger partial charge >= 0.3 is 0 Å². The molecule has 2 heterocycles. The highest BCUT2D eigenvalue weighted by Crippen LogP contribution is 2.35. The molecule has 0 bridgehead atoms. The summed E-state index contributed by atoms with van der Waals surface area (Å²) in [6.07, 6.45) is 1.87. The molecule has 0 atom stereocenters. The van der Waals surface area contributed by atoms with Crippen molar-refractivity contribution < 1.29 is 0 Å². The molecule has 21 heavy (non-hydrogen) atoms. The third-order valence-electron chi connectivity index (χ3n) is 4.22. The summed E-state index contributed by atoms with van der Waals surface area (Å²) in [5.41, 5.74) is 3.42. The minimum Gasteiger partial charge on any atom is -0.354 e. The molecule has 0 spiro atoms. The third kappa shape index (κ3) is 1.39. The molecule has 5 aromatic rings. The quantitative estimate of drug-likeness (QED) is 0.392. The van der Waals surface area contributed by atoms with Crippen LogP contribution in [0.3, 0.4) is 0 Å². The standard InChI is InChI=1S/C19H12N2/c1-2-6-15-14(5-1)18-16(21-15)10-9-12-7-8-13-4-3-11-20-19(13)17(12)18/h1-11,21H. The predicted octanol–water partition coefficient (Wildman–Crippen LogP) is 5.02. The fourth-order valence-corrected chi connectivity index (χ4v) is 3.29. The lowest BCUT2D eigenvalue weighted by Crippen LogP contribution is -1.82. The first-order valence-electron chi connectivity index (χ1n) is 7.09. The van der Waals surface area contributed by atoms with E-state index < -0.39 is 0 Å². The monoisotopic (exact) mass is 268 g/mol. The van der Waals surface area contributed by atoms with Crippen LogP contribution in [0.5, 0.6) is 0 Å². The highest BCUT2D eigenvalue weighted by Gasteiger charge is 2.10. The average Bonchev–Trinajstić information content (AvgIpc) is 2.93. The second-order valence-electron chi connectivity index (χ2n) is 5.40. The molecule has 3 aromatic carbocycles. The molecule has 2 nitrogen and oxygen atoms in total. The Hall–Kier alpha value is -2.87. The number of aromatic amines is 1. The summed E-state index contributed by atoms with van der Waals surface area (Å²) in [6, 6.07) is 21.2. The second kappa shape index (κ2) is 3.83. The number of nitrogens with one attached hydrogen (secondary N) is 1. The van der Waals surface area contributed by atoms with E-state index in [0.717, 1.165) is 5.52 Å². The molecule has 1 N–H and O–H groups in total. The summed E-state index contributed by atoms with van der Waals surface area (Å²) in [6.45, 7) is 0. The van der Waals surface area contributed by atoms with Crippen LogP contribution in [0.15, 0.2) is 66.9 Å². The van der Waals surface area contributed by atoms with E-state index in [9.17, 15) is 0 Å². The number of para-hydroxylation sites is 1. The smallest absolute Gasteiger partial charge is 0.0787 e. The van der Waals surface area contributed by atoms with Crippen LogP contribution >= 0.6 is 0 Å². The Morgan fingerprint density at radius 2 is 1.52 bits per heavy atom. The van der Waals surface area contributed by atoms with Crippen LogP contribution < -0.4 is 0 Å². The zero-order valence-electron chi connectivity index (χ0n) is 11.3. The molecule has 0 amide bonds. The SMILES string of the molecule is c1cnc2c(c1)ccc1ccc3[nH]c4ccccc4c3c12. The van der Waals surface area contributed by atoms with Crippen LogP contribution in [0.25, 0.3) is 43.5 Å². The van der Waals surface area contributed by atoms with E-state index in [1.54, 1.807) is 0 Å². The predicted molar refractivity (Wildman–Crippen MR) is 88.6 cm³/mol. The van der Waals surface area contributed by atoms with Gasteiger partial charge in [0.2, 0.25) is 0 Å². The van der Waals surface area contributed by atoms with Crippen LogP contribution in [-0.2, 0) is 0 Å². The zero-order valence-corrected chi connectivity index (χ0v) is 11.3.